The molecule has 0 fully saturated rings. The van der Waals surface area contributed by atoms with E-state index in [1.807, 2.05) is 0 Å². The molecule has 7 heteroatoms. The van der Waals surface area contributed by atoms with Crippen LogP contribution in [0.1, 0.15) is 6.92 Å². The SMILES string of the molecule is CC(=O)N(/C=C(/C#N)C(=O)NCCCl)c1ccc(N)cc1. The Morgan fingerprint density at radius 1 is 1.43 bits per heavy atom. The lowest BCUT2D eigenvalue weighted by atomic mass is 10.2. The molecule has 0 aliphatic carbocycles. The van der Waals surface area contributed by atoms with Gasteiger partial charge in [-0.1, -0.05) is 0 Å². The molecule has 0 aromatic heterocycles. The Labute approximate surface area is 127 Å². The molecule has 0 saturated carbocycles. The number of nitrogen functional groups attached to an aromatic ring is 1. The number of anilines is 2. The molecule has 0 atom stereocenters. The molecule has 6 nitrogen and oxygen atoms in total. The molecule has 0 bridgehead atoms. The third-order valence-electron chi connectivity index (χ3n) is 2.51. The molecule has 0 aliphatic rings. The second-order valence-corrected chi connectivity index (χ2v) is 4.46. The second-order valence-electron chi connectivity index (χ2n) is 4.08. The maximum atomic E-state index is 11.8. The van der Waals surface area contributed by atoms with E-state index in [2.05, 4.69) is 5.32 Å². The smallest absolute Gasteiger partial charge is 0.263 e. The lowest BCUT2D eigenvalue weighted by Gasteiger charge is -2.17. The number of hydrogen-bond acceptors (Lipinski definition) is 4. The maximum absolute atomic E-state index is 11.8. The Morgan fingerprint density at radius 2 is 2.05 bits per heavy atom. The molecule has 1 aromatic carbocycles. The van der Waals surface area contributed by atoms with Crippen molar-refractivity contribution < 1.29 is 9.59 Å². The number of halogens is 1. The summed E-state index contributed by atoms with van der Waals surface area (Å²) in [6.07, 6.45) is 1.19. The third-order valence-corrected chi connectivity index (χ3v) is 2.70. The summed E-state index contributed by atoms with van der Waals surface area (Å²) in [4.78, 5) is 24.7. The average Bonchev–Trinajstić information content (AvgIpc) is 2.47. The van der Waals surface area contributed by atoms with Crippen molar-refractivity contribution in [2.75, 3.05) is 23.1 Å². The summed E-state index contributed by atoms with van der Waals surface area (Å²) in [6, 6.07) is 8.26. The summed E-state index contributed by atoms with van der Waals surface area (Å²) in [6.45, 7) is 1.57. The number of carbonyl (C=O) groups excluding carboxylic acids is 2. The zero-order valence-corrected chi connectivity index (χ0v) is 12.2. The van der Waals surface area contributed by atoms with E-state index >= 15 is 0 Å². The van der Waals surface area contributed by atoms with Crippen LogP contribution in [0.25, 0.3) is 0 Å². The molecule has 0 aliphatic heterocycles. The van der Waals surface area contributed by atoms with Crippen LogP contribution in [0.5, 0.6) is 0 Å². The Morgan fingerprint density at radius 3 is 2.52 bits per heavy atom. The van der Waals surface area contributed by atoms with Crippen LogP contribution in [0, 0.1) is 11.3 Å². The van der Waals surface area contributed by atoms with Crippen molar-refractivity contribution in [3.8, 4) is 6.07 Å². The number of nitrogens with two attached hydrogens (primary N) is 1. The van der Waals surface area contributed by atoms with Crippen molar-refractivity contribution >= 4 is 34.8 Å². The van der Waals surface area contributed by atoms with Crippen LogP contribution in [0.4, 0.5) is 11.4 Å². The van der Waals surface area contributed by atoms with Crippen molar-refractivity contribution in [1.82, 2.24) is 5.32 Å². The van der Waals surface area contributed by atoms with E-state index in [9.17, 15) is 9.59 Å². The summed E-state index contributed by atoms with van der Waals surface area (Å²) in [5, 5.41) is 11.5. The van der Waals surface area contributed by atoms with Crippen LogP contribution in [0.2, 0.25) is 0 Å². The van der Waals surface area contributed by atoms with E-state index < -0.39 is 5.91 Å². The summed E-state index contributed by atoms with van der Waals surface area (Å²) in [5.74, 6) is -0.684. The van der Waals surface area contributed by atoms with Crippen molar-refractivity contribution in [3.05, 3.63) is 36.0 Å². The summed E-state index contributed by atoms with van der Waals surface area (Å²) in [7, 11) is 0. The van der Waals surface area contributed by atoms with Crippen molar-refractivity contribution in [3.63, 3.8) is 0 Å². The first-order chi connectivity index (χ1) is 9.99. The van der Waals surface area contributed by atoms with E-state index in [-0.39, 0.29) is 23.9 Å². The predicted molar refractivity (Wildman–Crippen MR) is 81.4 cm³/mol. The molecule has 0 radical (unpaired) electrons. The Bertz CT molecular complexity index is 590. The summed E-state index contributed by atoms with van der Waals surface area (Å²) < 4.78 is 0. The molecule has 21 heavy (non-hydrogen) atoms. The van der Waals surface area contributed by atoms with Crippen LogP contribution < -0.4 is 16.0 Å². The van der Waals surface area contributed by atoms with Crippen molar-refractivity contribution in [1.29, 1.82) is 5.26 Å². The van der Waals surface area contributed by atoms with Gasteiger partial charge in [-0.3, -0.25) is 14.5 Å². The lowest BCUT2D eigenvalue weighted by molar-refractivity contribution is -0.117. The van der Waals surface area contributed by atoms with Crippen molar-refractivity contribution in [2.45, 2.75) is 6.92 Å². The zero-order chi connectivity index (χ0) is 15.8. The van der Waals surface area contributed by atoms with Gasteiger partial charge in [-0.25, -0.2) is 0 Å². The fourth-order valence-corrected chi connectivity index (χ4v) is 1.60. The van der Waals surface area contributed by atoms with E-state index in [1.165, 1.54) is 18.0 Å². The Balaban J connectivity index is 3.07. The van der Waals surface area contributed by atoms with Gasteiger partial charge in [0.25, 0.3) is 5.91 Å². The number of amides is 2. The molecular formula is C14H15ClN4O2. The van der Waals surface area contributed by atoms with E-state index in [0.717, 1.165) is 0 Å². The van der Waals surface area contributed by atoms with Gasteiger partial charge in [0.05, 0.1) is 0 Å². The first kappa shape index (κ1) is 16.5. The highest BCUT2D eigenvalue weighted by atomic mass is 35.5. The van der Waals surface area contributed by atoms with Gasteiger partial charge in [0.1, 0.15) is 11.6 Å². The fraction of sp³-hybridized carbons (Fsp3) is 0.214. The number of alkyl halides is 1. The number of hydrogen-bond donors (Lipinski definition) is 2. The van der Waals surface area contributed by atoms with Crippen LogP contribution in [0.3, 0.4) is 0 Å². The highest BCUT2D eigenvalue weighted by Crippen LogP contribution is 2.18. The summed E-state index contributed by atoms with van der Waals surface area (Å²) in [5.41, 5.74) is 6.45. The van der Waals surface area contributed by atoms with Gasteiger partial charge in [0.2, 0.25) is 5.91 Å². The highest BCUT2D eigenvalue weighted by molar-refractivity contribution is 6.18. The topological polar surface area (TPSA) is 99.2 Å². The van der Waals surface area contributed by atoms with Gasteiger partial charge in [-0.05, 0) is 24.3 Å². The standard InChI is InChI=1S/C14H15ClN4O2/c1-10(20)19(13-4-2-12(17)3-5-13)9-11(8-16)14(21)18-7-6-15/h2-5,9H,6-7,17H2,1H3,(H,18,21)/b11-9-. The lowest BCUT2D eigenvalue weighted by Crippen LogP contribution is -2.29. The fourth-order valence-electron chi connectivity index (χ4n) is 1.51. The molecule has 0 spiro atoms. The first-order valence-corrected chi connectivity index (χ1v) is 6.64. The number of carbonyl (C=O) groups is 2. The molecule has 0 saturated heterocycles. The normalized spacial score (nSPS) is 10.6. The van der Waals surface area contributed by atoms with E-state index in [4.69, 9.17) is 22.6 Å². The minimum absolute atomic E-state index is 0.188. The molecule has 1 aromatic rings. The van der Waals surface area contributed by atoms with Crippen LogP contribution >= 0.6 is 11.6 Å². The average molecular weight is 307 g/mol. The number of nitrogens with one attached hydrogen (secondary N) is 1. The third kappa shape index (κ3) is 4.82. The van der Waals surface area contributed by atoms with Gasteiger partial charge in [-0.15, -0.1) is 11.6 Å². The molecule has 0 unspecified atom stereocenters. The molecule has 110 valence electrons. The van der Waals surface area contributed by atoms with Gasteiger partial charge in [-0.2, -0.15) is 5.26 Å². The van der Waals surface area contributed by atoms with Crippen LogP contribution in [-0.4, -0.2) is 24.2 Å². The van der Waals surface area contributed by atoms with Gasteiger partial charge < -0.3 is 11.1 Å². The van der Waals surface area contributed by atoms with Crippen LogP contribution in [0.15, 0.2) is 36.0 Å². The number of rotatable bonds is 5. The number of nitrogens with zero attached hydrogens (tertiary/aromatic N) is 2. The molecule has 2 amide bonds. The zero-order valence-electron chi connectivity index (χ0n) is 11.5. The monoisotopic (exact) mass is 306 g/mol. The van der Waals surface area contributed by atoms with Gasteiger partial charge >= 0.3 is 0 Å². The Kier molecular flexibility index (Phi) is 6.24. The molecular weight excluding hydrogens is 292 g/mol. The quantitative estimate of drug-likeness (QED) is 0.371. The number of nitriles is 1. The first-order valence-electron chi connectivity index (χ1n) is 6.11. The molecule has 3 N–H and O–H groups in total. The van der Waals surface area contributed by atoms with Gasteiger partial charge in [0, 0.05) is 36.9 Å². The predicted octanol–water partition coefficient (Wildman–Crippen LogP) is 1.38. The largest absolute Gasteiger partial charge is 0.399 e. The highest BCUT2D eigenvalue weighted by Gasteiger charge is 2.14. The Hall–Kier alpha value is -2.52. The van der Waals surface area contributed by atoms with Crippen LogP contribution in [-0.2, 0) is 9.59 Å². The van der Waals surface area contributed by atoms with E-state index in [0.29, 0.717) is 11.4 Å². The second kappa shape index (κ2) is 7.92. The molecule has 1 rings (SSSR count). The number of benzene rings is 1. The minimum atomic E-state index is -0.583. The minimum Gasteiger partial charge on any atom is -0.399 e. The molecule has 0 heterocycles. The van der Waals surface area contributed by atoms with Crippen molar-refractivity contribution in [2.24, 2.45) is 0 Å². The van der Waals surface area contributed by atoms with E-state index in [1.54, 1.807) is 30.3 Å². The maximum Gasteiger partial charge on any atom is 0.263 e. The van der Waals surface area contributed by atoms with Gasteiger partial charge in [0.15, 0.2) is 0 Å². The summed E-state index contributed by atoms with van der Waals surface area (Å²) >= 11 is 5.47.